The van der Waals surface area contributed by atoms with Crippen LogP contribution in [-0.2, 0) is 16.1 Å². The molecule has 158 valence electrons. The number of piperidine rings is 1. The molecule has 0 aromatic heterocycles. The lowest BCUT2D eigenvalue weighted by atomic mass is 10.0. The Hall–Kier alpha value is -2.86. The van der Waals surface area contributed by atoms with Gasteiger partial charge in [0, 0.05) is 31.2 Å². The summed E-state index contributed by atoms with van der Waals surface area (Å²) in [6, 6.07) is 16.1. The number of nitrogens with one attached hydrogen (secondary N) is 1. The third-order valence-corrected chi connectivity index (χ3v) is 5.93. The molecule has 30 heavy (non-hydrogen) atoms. The first-order chi connectivity index (χ1) is 14.6. The van der Waals surface area contributed by atoms with Gasteiger partial charge in [-0.25, -0.2) is 0 Å². The number of rotatable bonds is 6. The average Bonchev–Trinajstić information content (AvgIpc) is 2.76. The zero-order chi connectivity index (χ0) is 20.9. The van der Waals surface area contributed by atoms with Gasteiger partial charge in [-0.2, -0.15) is 0 Å². The van der Waals surface area contributed by atoms with Crippen LogP contribution in [-0.4, -0.2) is 42.5 Å². The molecule has 0 bridgehead atoms. The van der Waals surface area contributed by atoms with E-state index in [4.69, 9.17) is 4.74 Å². The molecule has 2 aliphatic heterocycles. The quantitative estimate of drug-likeness (QED) is 0.791. The molecule has 2 heterocycles. The van der Waals surface area contributed by atoms with Gasteiger partial charge in [-0.05, 0) is 56.1 Å². The van der Waals surface area contributed by atoms with Crippen molar-refractivity contribution >= 4 is 23.2 Å². The van der Waals surface area contributed by atoms with Gasteiger partial charge in [0.2, 0.25) is 5.91 Å². The van der Waals surface area contributed by atoms with Gasteiger partial charge in [0.1, 0.15) is 5.75 Å². The number of carbonyl (C=O) groups excluding carboxylic acids is 2. The summed E-state index contributed by atoms with van der Waals surface area (Å²) in [7, 11) is 0. The van der Waals surface area contributed by atoms with E-state index in [1.54, 1.807) is 4.90 Å². The molecule has 6 nitrogen and oxygen atoms in total. The van der Waals surface area contributed by atoms with Crippen LogP contribution in [0.4, 0.5) is 11.4 Å². The molecule has 6 heteroatoms. The topological polar surface area (TPSA) is 61.9 Å². The molecule has 0 radical (unpaired) electrons. The van der Waals surface area contributed by atoms with Crippen LogP contribution in [0, 0.1) is 0 Å². The molecule has 1 atom stereocenters. The normalized spacial score (nSPS) is 19.2. The Morgan fingerprint density at radius 3 is 2.73 bits per heavy atom. The molecule has 0 aliphatic carbocycles. The van der Waals surface area contributed by atoms with Gasteiger partial charge in [-0.3, -0.25) is 14.5 Å². The summed E-state index contributed by atoms with van der Waals surface area (Å²) >= 11 is 0. The van der Waals surface area contributed by atoms with E-state index in [9.17, 15) is 9.59 Å². The van der Waals surface area contributed by atoms with E-state index in [1.807, 2.05) is 36.4 Å². The molecular weight excluding hydrogens is 378 g/mol. The highest BCUT2D eigenvalue weighted by molar-refractivity contribution is 5.99. The van der Waals surface area contributed by atoms with E-state index in [0.29, 0.717) is 18.3 Å². The molecule has 2 aromatic rings. The van der Waals surface area contributed by atoms with Crippen LogP contribution < -0.4 is 15.0 Å². The lowest BCUT2D eigenvalue weighted by Crippen LogP contribution is -2.40. The molecule has 1 fully saturated rings. The van der Waals surface area contributed by atoms with E-state index in [1.165, 1.54) is 24.8 Å². The Labute approximate surface area is 177 Å². The smallest absolute Gasteiger partial charge is 0.265 e. The van der Waals surface area contributed by atoms with Gasteiger partial charge in [0.15, 0.2) is 6.61 Å². The van der Waals surface area contributed by atoms with E-state index in [0.717, 1.165) is 24.5 Å². The molecule has 2 amide bonds. The van der Waals surface area contributed by atoms with E-state index in [2.05, 4.69) is 29.3 Å². The zero-order valence-electron chi connectivity index (χ0n) is 17.5. The Morgan fingerprint density at radius 2 is 1.93 bits per heavy atom. The minimum absolute atomic E-state index is 0.00965. The number of likely N-dealkylation sites (tertiary alicyclic amines) is 1. The Bertz CT molecular complexity index is 897. The minimum atomic E-state index is -0.127. The lowest BCUT2D eigenvalue weighted by molar-refractivity contribution is -0.121. The third-order valence-electron chi connectivity index (χ3n) is 5.93. The SMILES string of the molecule is CC1CCCCN1Cc1ccc(NC(=O)CCN2C(=O)COc3ccccc32)cc1. The lowest BCUT2D eigenvalue weighted by Gasteiger charge is -2.33. The number of hydrogen-bond acceptors (Lipinski definition) is 4. The van der Waals surface area contributed by atoms with Crippen LogP contribution >= 0.6 is 0 Å². The predicted molar refractivity (Wildman–Crippen MR) is 118 cm³/mol. The van der Waals surface area contributed by atoms with Gasteiger partial charge in [0.05, 0.1) is 5.69 Å². The van der Waals surface area contributed by atoms with Crippen molar-refractivity contribution in [3.8, 4) is 5.75 Å². The average molecular weight is 408 g/mol. The fourth-order valence-electron chi connectivity index (χ4n) is 4.16. The van der Waals surface area contributed by atoms with Gasteiger partial charge < -0.3 is 15.0 Å². The van der Waals surface area contributed by atoms with E-state index < -0.39 is 0 Å². The summed E-state index contributed by atoms with van der Waals surface area (Å²) in [5, 5.41) is 2.94. The number of nitrogens with zero attached hydrogens (tertiary/aromatic N) is 2. The molecule has 4 rings (SSSR count). The zero-order valence-corrected chi connectivity index (χ0v) is 17.5. The largest absolute Gasteiger partial charge is 0.482 e. The first kappa shape index (κ1) is 20.4. The second-order valence-corrected chi connectivity index (χ2v) is 8.11. The van der Waals surface area contributed by atoms with Gasteiger partial charge in [-0.1, -0.05) is 30.7 Å². The fourth-order valence-corrected chi connectivity index (χ4v) is 4.16. The van der Waals surface area contributed by atoms with Crippen LogP contribution in [0.25, 0.3) is 0 Å². The number of anilines is 2. The number of amides is 2. The summed E-state index contributed by atoms with van der Waals surface area (Å²) in [5.41, 5.74) is 2.76. The van der Waals surface area contributed by atoms with Crippen molar-refractivity contribution in [1.82, 2.24) is 4.90 Å². The van der Waals surface area contributed by atoms with Gasteiger partial charge >= 0.3 is 0 Å². The summed E-state index contributed by atoms with van der Waals surface area (Å²) in [6.07, 6.45) is 4.09. The van der Waals surface area contributed by atoms with Crippen LogP contribution in [0.5, 0.6) is 5.75 Å². The maximum absolute atomic E-state index is 12.4. The van der Waals surface area contributed by atoms with Crippen molar-refractivity contribution < 1.29 is 14.3 Å². The summed E-state index contributed by atoms with van der Waals surface area (Å²) in [5.74, 6) is 0.443. The van der Waals surface area contributed by atoms with Crippen molar-refractivity contribution in [1.29, 1.82) is 0 Å². The van der Waals surface area contributed by atoms with Crippen molar-refractivity contribution in [2.75, 3.05) is 29.9 Å². The number of carbonyl (C=O) groups is 2. The molecular formula is C24H29N3O3. The maximum Gasteiger partial charge on any atom is 0.265 e. The second kappa shape index (κ2) is 9.30. The van der Waals surface area contributed by atoms with Gasteiger partial charge in [0.25, 0.3) is 5.91 Å². The number of ether oxygens (including phenoxy) is 1. The fraction of sp³-hybridized carbons (Fsp3) is 0.417. The standard InChI is InChI=1S/C24H29N3O3/c1-18-6-4-5-14-26(18)16-19-9-11-20(12-10-19)25-23(28)13-15-27-21-7-2-3-8-22(21)30-17-24(27)29/h2-3,7-12,18H,4-6,13-17H2,1H3,(H,25,28). The molecule has 0 spiro atoms. The molecule has 0 saturated carbocycles. The van der Waals surface area contributed by atoms with Crippen molar-refractivity contribution in [3.63, 3.8) is 0 Å². The number of para-hydroxylation sites is 2. The summed E-state index contributed by atoms with van der Waals surface area (Å²) in [4.78, 5) is 28.8. The van der Waals surface area contributed by atoms with Crippen molar-refractivity contribution in [2.45, 2.75) is 45.2 Å². The number of benzene rings is 2. The highest BCUT2D eigenvalue weighted by Crippen LogP contribution is 2.31. The molecule has 2 aromatic carbocycles. The molecule has 1 saturated heterocycles. The predicted octanol–water partition coefficient (Wildman–Crippen LogP) is 3.82. The molecule has 1 N–H and O–H groups in total. The first-order valence-electron chi connectivity index (χ1n) is 10.8. The van der Waals surface area contributed by atoms with E-state index in [-0.39, 0.29) is 24.8 Å². The highest BCUT2D eigenvalue weighted by Gasteiger charge is 2.25. The molecule has 1 unspecified atom stereocenters. The first-order valence-corrected chi connectivity index (χ1v) is 10.8. The minimum Gasteiger partial charge on any atom is -0.482 e. The number of fused-ring (bicyclic) bond motifs is 1. The number of hydrogen-bond donors (Lipinski definition) is 1. The highest BCUT2D eigenvalue weighted by atomic mass is 16.5. The maximum atomic E-state index is 12.4. The summed E-state index contributed by atoms with van der Waals surface area (Å²) < 4.78 is 5.45. The third kappa shape index (κ3) is 4.82. The second-order valence-electron chi connectivity index (χ2n) is 8.11. The van der Waals surface area contributed by atoms with Crippen LogP contribution in [0.2, 0.25) is 0 Å². The summed E-state index contributed by atoms with van der Waals surface area (Å²) in [6.45, 7) is 4.74. The van der Waals surface area contributed by atoms with Crippen LogP contribution in [0.3, 0.4) is 0 Å². The monoisotopic (exact) mass is 407 g/mol. The van der Waals surface area contributed by atoms with Crippen LogP contribution in [0.1, 0.15) is 38.2 Å². The van der Waals surface area contributed by atoms with E-state index >= 15 is 0 Å². The van der Waals surface area contributed by atoms with Crippen molar-refractivity contribution in [3.05, 3.63) is 54.1 Å². The Kier molecular flexibility index (Phi) is 6.33. The van der Waals surface area contributed by atoms with Crippen LogP contribution in [0.15, 0.2) is 48.5 Å². The Morgan fingerprint density at radius 1 is 1.13 bits per heavy atom. The molecule has 2 aliphatic rings. The van der Waals surface area contributed by atoms with Crippen molar-refractivity contribution in [2.24, 2.45) is 0 Å². The van der Waals surface area contributed by atoms with Gasteiger partial charge in [-0.15, -0.1) is 0 Å². The Balaban J connectivity index is 1.30.